The van der Waals surface area contributed by atoms with Gasteiger partial charge in [0, 0.05) is 25.7 Å². The number of nitrogens with zero attached hydrogens (tertiary/aromatic N) is 3. The molecule has 1 aromatic heterocycles. The van der Waals surface area contributed by atoms with Crippen LogP contribution < -0.4 is 20.1 Å². The van der Waals surface area contributed by atoms with Crippen LogP contribution in [0.25, 0.3) is 0 Å². The summed E-state index contributed by atoms with van der Waals surface area (Å²) in [6.07, 6.45) is 6.58. The highest BCUT2D eigenvalue weighted by molar-refractivity contribution is 7.70. The number of carbonyl (C=O) groups excluding carboxylic acids is 1. The Morgan fingerprint density at radius 1 is 1.22 bits per heavy atom. The first-order chi connectivity index (χ1) is 17.4. The second kappa shape index (κ2) is 12.1. The molecule has 1 saturated carbocycles. The zero-order chi connectivity index (χ0) is 25.7. The van der Waals surface area contributed by atoms with Crippen molar-refractivity contribution >= 4 is 45.9 Å². The lowest BCUT2D eigenvalue weighted by atomic mass is 9.84. The Morgan fingerprint density at radius 2 is 2.03 bits per heavy atom. The van der Waals surface area contributed by atoms with Gasteiger partial charge in [-0.25, -0.2) is 18.1 Å². The molecule has 196 valence electrons. The van der Waals surface area contributed by atoms with Gasteiger partial charge in [0.2, 0.25) is 22.7 Å². The quantitative estimate of drug-likeness (QED) is 0.360. The van der Waals surface area contributed by atoms with Crippen LogP contribution >= 0.6 is 11.6 Å². The van der Waals surface area contributed by atoms with E-state index in [1.165, 1.54) is 6.20 Å². The van der Waals surface area contributed by atoms with E-state index in [1.807, 2.05) is 24.0 Å². The van der Waals surface area contributed by atoms with Crippen LogP contribution in [0.5, 0.6) is 5.75 Å². The molecule has 1 fully saturated rings. The number of ether oxygens (including phenoxy) is 1. The molecule has 0 radical (unpaired) electrons. The first kappa shape index (κ1) is 26.4. The van der Waals surface area contributed by atoms with E-state index < -0.39 is 10.9 Å². The molecule has 10 nitrogen and oxygen atoms in total. The number of benzene rings is 1. The number of nitrogens with one attached hydrogen (secondary N) is 3. The third-order valence-corrected chi connectivity index (χ3v) is 7.67. The van der Waals surface area contributed by atoms with Crippen molar-refractivity contribution in [3.05, 3.63) is 34.5 Å². The SMILES string of the molecule is CCN1CCc2cc(Nc3ncc(Cl)c(N[C@@H]4CCCC[C@@H]4CN[SH](=O)=O)n3)c(OC)cc2CC1=O. The molecule has 1 aliphatic carbocycles. The van der Waals surface area contributed by atoms with Gasteiger partial charge in [0.25, 0.3) is 0 Å². The maximum absolute atomic E-state index is 12.5. The van der Waals surface area contributed by atoms with E-state index >= 15 is 0 Å². The second-order valence-electron chi connectivity index (χ2n) is 9.15. The molecule has 3 N–H and O–H groups in total. The largest absolute Gasteiger partial charge is 0.495 e. The molecule has 4 rings (SSSR count). The highest BCUT2D eigenvalue weighted by Crippen LogP contribution is 2.34. The van der Waals surface area contributed by atoms with Crippen LogP contribution in [-0.4, -0.2) is 62.0 Å². The lowest BCUT2D eigenvalue weighted by Gasteiger charge is -2.32. The second-order valence-corrected chi connectivity index (χ2v) is 10.4. The van der Waals surface area contributed by atoms with Crippen molar-refractivity contribution in [2.45, 2.75) is 51.5 Å². The lowest BCUT2D eigenvalue weighted by Crippen LogP contribution is -2.38. The third kappa shape index (κ3) is 6.37. The van der Waals surface area contributed by atoms with Crippen molar-refractivity contribution in [3.8, 4) is 5.75 Å². The fourth-order valence-electron chi connectivity index (χ4n) is 4.98. The number of hydrogen-bond acceptors (Lipinski definition) is 8. The highest BCUT2D eigenvalue weighted by Gasteiger charge is 2.26. The van der Waals surface area contributed by atoms with Crippen LogP contribution in [-0.2, 0) is 28.5 Å². The molecule has 0 bridgehead atoms. The predicted octanol–water partition coefficient (Wildman–Crippen LogP) is 2.92. The number of halogens is 1. The Balaban J connectivity index is 1.54. The number of hydrogen-bond donors (Lipinski definition) is 4. The number of methoxy groups -OCH3 is 1. The third-order valence-electron chi connectivity index (χ3n) is 6.95. The topological polar surface area (TPSA) is 126 Å². The molecule has 2 heterocycles. The average molecular weight is 537 g/mol. The molecule has 1 aromatic carbocycles. The molecular formula is C24H33ClN6O4S. The van der Waals surface area contributed by atoms with Crippen LogP contribution in [0, 0.1) is 5.92 Å². The van der Waals surface area contributed by atoms with Crippen molar-refractivity contribution in [1.82, 2.24) is 19.6 Å². The van der Waals surface area contributed by atoms with Crippen molar-refractivity contribution in [2.75, 3.05) is 37.4 Å². The molecule has 2 aliphatic rings. The maximum atomic E-state index is 12.5. The van der Waals surface area contributed by atoms with Crippen LogP contribution in [0.4, 0.5) is 17.5 Å². The molecule has 2 atom stereocenters. The van der Waals surface area contributed by atoms with E-state index in [-0.39, 0.29) is 17.9 Å². The van der Waals surface area contributed by atoms with Gasteiger partial charge in [0.1, 0.15) is 10.8 Å². The Hall–Kier alpha value is -2.63. The van der Waals surface area contributed by atoms with Crippen LogP contribution in [0.2, 0.25) is 5.02 Å². The van der Waals surface area contributed by atoms with E-state index in [2.05, 4.69) is 25.3 Å². The monoisotopic (exact) mass is 536 g/mol. The van der Waals surface area contributed by atoms with E-state index in [4.69, 9.17) is 16.3 Å². The smallest absolute Gasteiger partial charge is 0.229 e. The molecule has 36 heavy (non-hydrogen) atoms. The number of fused-ring (bicyclic) bond motifs is 1. The van der Waals surface area contributed by atoms with Gasteiger partial charge in [0.15, 0.2) is 5.82 Å². The van der Waals surface area contributed by atoms with Crippen LogP contribution in [0.3, 0.4) is 0 Å². The molecule has 0 unspecified atom stereocenters. The predicted molar refractivity (Wildman–Crippen MR) is 141 cm³/mol. The van der Waals surface area contributed by atoms with E-state index in [1.54, 1.807) is 7.11 Å². The summed E-state index contributed by atoms with van der Waals surface area (Å²) >= 11 is 6.42. The summed E-state index contributed by atoms with van der Waals surface area (Å²) in [4.78, 5) is 23.3. The number of likely N-dealkylation sites (N-methyl/N-ethyl adjacent to an activating group) is 1. The standard InChI is InChI=1S/C24H33ClN6O4S/c1-3-31-9-8-15-10-20(21(35-2)11-17(15)12-22(31)32)29-24-26-14-18(25)23(30-24)28-19-7-5-4-6-16(19)13-27-36(33)34/h10-11,14,16,19,36H,3-9,12-13H2,1-2H3,(H,27,33,34)(H2,26,28,29,30)/t16-,19-/m1/s1. The summed E-state index contributed by atoms with van der Waals surface area (Å²) in [6, 6.07) is 3.95. The fraction of sp³-hybridized carbons (Fsp3) is 0.542. The average Bonchev–Trinajstić information content (AvgIpc) is 3.02. The van der Waals surface area contributed by atoms with Gasteiger partial charge >= 0.3 is 0 Å². The number of rotatable bonds is 9. The van der Waals surface area contributed by atoms with Crippen molar-refractivity contribution in [2.24, 2.45) is 5.92 Å². The summed E-state index contributed by atoms with van der Waals surface area (Å²) in [5.74, 6) is 1.71. The molecule has 2 aromatic rings. The summed E-state index contributed by atoms with van der Waals surface area (Å²) in [6.45, 7) is 3.74. The van der Waals surface area contributed by atoms with Gasteiger partial charge in [-0.3, -0.25) is 4.79 Å². The molecule has 0 spiro atoms. The Bertz CT molecular complexity index is 1170. The summed E-state index contributed by atoms with van der Waals surface area (Å²) in [7, 11) is -1.04. The van der Waals surface area contributed by atoms with Crippen LogP contribution in [0.1, 0.15) is 43.7 Å². The van der Waals surface area contributed by atoms with Gasteiger partial charge < -0.3 is 20.3 Å². The number of amides is 1. The summed E-state index contributed by atoms with van der Waals surface area (Å²) < 4.78 is 30.2. The maximum Gasteiger partial charge on any atom is 0.229 e. The Kier molecular flexibility index (Phi) is 8.86. The minimum Gasteiger partial charge on any atom is -0.495 e. The molecular weight excluding hydrogens is 504 g/mol. The van der Waals surface area contributed by atoms with Gasteiger partial charge in [-0.05, 0) is 55.4 Å². The van der Waals surface area contributed by atoms with Gasteiger partial charge in [0.05, 0.1) is 25.4 Å². The number of thiol groups is 1. The minimum absolute atomic E-state index is 0.0440. The number of carbonyl (C=O) groups is 1. The highest BCUT2D eigenvalue weighted by atomic mass is 35.5. The van der Waals surface area contributed by atoms with E-state index in [0.29, 0.717) is 54.3 Å². The first-order valence-corrected chi connectivity index (χ1v) is 13.8. The fourth-order valence-corrected chi connectivity index (χ4v) is 5.51. The Morgan fingerprint density at radius 3 is 2.78 bits per heavy atom. The summed E-state index contributed by atoms with van der Waals surface area (Å²) in [5, 5.41) is 7.06. The van der Waals surface area contributed by atoms with Crippen molar-refractivity contribution in [1.29, 1.82) is 0 Å². The molecule has 0 saturated heterocycles. The van der Waals surface area contributed by atoms with E-state index in [0.717, 1.165) is 43.2 Å². The van der Waals surface area contributed by atoms with Gasteiger partial charge in [-0.1, -0.05) is 24.4 Å². The van der Waals surface area contributed by atoms with Crippen LogP contribution in [0.15, 0.2) is 18.3 Å². The lowest BCUT2D eigenvalue weighted by molar-refractivity contribution is -0.130. The molecule has 1 amide bonds. The zero-order valence-electron chi connectivity index (χ0n) is 20.6. The number of anilines is 3. The molecule has 12 heteroatoms. The Labute approximate surface area is 218 Å². The summed E-state index contributed by atoms with van der Waals surface area (Å²) in [5.41, 5.74) is 2.76. The van der Waals surface area contributed by atoms with Gasteiger partial charge in [-0.2, -0.15) is 4.98 Å². The normalized spacial score (nSPS) is 20.1. The van der Waals surface area contributed by atoms with Crippen molar-refractivity contribution in [3.63, 3.8) is 0 Å². The zero-order valence-corrected chi connectivity index (χ0v) is 22.2. The van der Waals surface area contributed by atoms with E-state index in [9.17, 15) is 13.2 Å². The first-order valence-electron chi connectivity index (χ1n) is 12.3. The van der Waals surface area contributed by atoms with Crippen molar-refractivity contribution < 1.29 is 17.9 Å². The van der Waals surface area contributed by atoms with Gasteiger partial charge in [-0.15, -0.1) is 0 Å². The minimum atomic E-state index is -2.63. The molecule has 1 aliphatic heterocycles. The number of aromatic nitrogens is 2.